The van der Waals surface area contributed by atoms with Crippen LogP contribution in [-0.4, -0.2) is 37.3 Å². The lowest BCUT2D eigenvalue weighted by atomic mass is 10.1. The molecule has 0 saturated heterocycles. The first kappa shape index (κ1) is 19.1. The van der Waals surface area contributed by atoms with Gasteiger partial charge in [-0.3, -0.25) is 30.0 Å². The van der Waals surface area contributed by atoms with Crippen LogP contribution >= 0.6 is 11.8 Å². The number of rotatable bonds is 7. The molecular weight excluding hydrogens is 368 g/mol. The second-order valence-corrected chi connectivity index (χ2v) is 5.95. The summed E-state index contributed by atoms with van der Waals surface area (Å²) >= 11 is 1.11. The van der Waals surface area contributed by atoms with Crippen LogP contribution in [-0.2, 0) is 0 Å². The largest absolute Gasteiger partial charge is 0.396 e. The number of nitrogens with zero attached hydrogens (tertiary/aromatic N) is 2. The Morgan fingerprint density at radius 2 is 1.85 bits per heavy atom. The first-order valence-electron chi connectivity index (χ1n) is 7.04. The van der Waals surface area contributed by atoms with Gasteiger partial charge in [0.1, 0.15) is 5.69 Å². The van der Waals surface area contributed by atoms with E-state index in [9.17, 15) is 29.8 Å². The van der Waals surface area contributed by atoms with Crippen molar-refractivity contribution in [3.63, 3.8) is 0 Å². The highest BCUT2D eigenvalue weighted by Gasteiger charge is 2.19. The van der Waals surface area contributed by atoms with Crippen molar-refractivity contribution in [2.75, 3.05) is 12.4 Å². The molecule has 2 aromatic rings. The maximum absolute atomic E-state index is 11.5. The molecule has 1 aromatic heterocycles. The van der Waals surface area contributed by atoms with Gasteiger partial charge in [-0.25, -0.2) is 4.79 Å². The van der Waals surface area contributed by atoms with Crippen molar-refractivity contribution >= 4 is 35.3 Å². The summed E-state index contributed by atoms with van der Waals surface area (Å²) in [6.45, 7) is -0.136. The molecule has 26 heavy (non-hydrogen) atoms. The molecule has 0 spiro atoms. The van der Waals surface area contributed by atoms with Crippen LogP contribution in [0.5, 0.6) is 0 Å². The van der Waals surface area contributed by atoms with Crippen LogP contribution in [0.4, 0.5) is 11.4 Å². The maximum Gasteiger partial charge on any atom is 0.357 e. The van der Waals surface area contributed by atoms with Gasteiger partial charge in [-0.05, 0) is 17.7 Å². The van der Waals surface area contributed by atoms with Crippen LogP contribution in [0, 0.1) is 20.2 Å². The average Bonchev–Trinajstić information content (AvgIpc) is 2.57. The summed E-state index contributed by atoms with van der Waals surface area (Å²) in [5.74, 6) is 0.288. The van der Waals surface area contributed by atoms with Crippen LogP contribution < -0.4 is 11.2 Å². The number of nitro groups is 2. The van der Waals surface area contributed by atoms with Gasteiger partial charge in [-0.1, -0.05) is 12.1 Å². The fourth-order valence-corrected chi connectivity index (χ4v) is 2.79. The predicted octanol–water partition coefficient (Wildman–Crippen LogP) is 1.13. The van der Waals surface area contributed by atoms with Gasteiger partial charge < -0.3 is 10.1 Å². The van der Waals surface area contributed by atoms with Crippen molar-refractivity contribution < 1.29 is 15.0 Å². The molecule has 0 unspecified atom stereocenters. The highest BCUT2D eigenvalue weighted by molar-refractivity contribution is 7.99. The smallest absolute Gasteiger partial charge is 0.357 e. The van der Waals surface area contributed by atoms with Gasteiger partial charge in [-0.15, -0.1) is 11.8 Å². The zero-order valence-corrected chi connectivity index (χ0v) is 13.8. The van der Waals surface area contributed by atoms with Gasteiger partial charge in [0, 0.05) is 11.8 Å². The molecule has 11 nitrogen and oxygen atoms in total. The normalized spacial score (nSPS) is 11.0. The highest BCUT2D eigenvalue weighted by Crippen LogP contribution is 2.30. The SMILES string of the molecule is O=c1[nH]c(/C=C/c2ccc(SCCO)c([N+](=O)[O-])c2)c([N+](=O)[O-])c(=O)[nH]1. The Labute approximate surface area is 148 Å². The van der Waals surface area contributed by atoms with Crippen LogP contribution in [0.3, 0.4) is 0 Å². The maximum atomic E-state index is 11.5. The van der Waals surface area contributed by atoms with Crippen molar-refractivity contribution in [2.24, 2.45) is 0 Å². The lowest BCUT2D eigenvalue weighted by Crippen LogP contribution is -2.25. The number of aromatic amines is 2. The highest BCUT2D eigenvalue weighted by atomic mass is 32.2. The molecule has 0 bridgehead atoms. The summed E-state index contributed by atoms with van der Waals surface area (Å²) in [5, 5.41) is 31.0. The van der Waals surface area contributed by atoms with E-state index in [0.29, 0.717) is 10.5 Å². The number of nitro benzene ring substituents is 1. The molecule has 0 radical (unpaired) electrons. The molecule has 0 aliphatic heterocycles. The van der Waals surface area contributed by atoms with Crippen LogP contribution in [0.25, 0.3) is 12.2 Å². The minimum atomic E-state index is -1.15. The summed E-state index contributed by atoms with van der Waals surface area (Å²) in [6.07, 6.45) is 2.42. The zero-order valence-electron chi connectivity index (χ0n) is 13.0. The van der Waals surface area contributed by atoms with E-state index in [4.69, 9.17) is 5.11 Å². The second-order valence-electron chi connectivity index (χ2n) is 4.82. The third kappa shape index (κ3) is 4.43. The summed E-state index contributed by atoms with van der Waals surface area (Å²) in [5.41, 5.74) is -3.10. The Morgan fingerprint density at radius 3 is 2.46 bits per heavy atom. The fraction of sp³-hybridized carbons (Fsp3) is 0.143. The first-order chi connectivity index (χ1) is 12.3. The summed E-state index contributed by atoms with van der Waals surface area (Å²) in [6, 6.07) is 4.25. The molecule has 3 N–H and O–H groups in total. The Balaban J connectivity index is 2.44. The predicted molar refractivity (Wildman–Crippen MR) is 94.2 cm³/mol. The van der Waals surface area contributed by atoms with Crippen LogP contribution in [0.1, 0.15) is 11.3 Å². The van der Waals surface area contributed by atoms with Gasteiger partial charge in [0.2, 0.25) is 0 Å². The summed E-state index contributed by atoms with van der Waals surface area (Å²) in [4.78, 5) is 47.7. The van der Waals surface area contributed by atoms with Gasteiger partial charge in [-0.2, -0.15) is 0 Å². The first-order valence-corrected chi connectivity index (χ1v) is 8.03. The molecule has 12 heteroatoms. The number of aliphatic hydroxyl groups is 1. The van der Waals surface area contributed by atoms with Crippen LogP contribution in [0.2, 0.25) is 0 Å². The number of aromatic nitrogens is 2. The number of nitrogens with one attached hydrogen (secondary N) is 2. The van der Waals surface area contributed by atoms with E-state index in [0.717, 1.165) is 17.8 Å². The molecule has 1 heterocycles. The fourth-order valence-electron chi connectivity index (χ4n) is 2.04. The third-order valence-electron chi connectivity index (χ3n) is 3.10. The van der Waals surface area contributed by atoms with E-state index in [1.54, 1.807) is 4.98 Å². The minimum Gasteiger partial charge on any atom is -0.396 e. The van der Waals surface area contributed by atoms with Gasteiger partial charge in [0.05, 0.1) is 21.3 Å². The quantitative estimate of drug-likeness (QED) is 0.364. The van der Waals surface area contributed by atoms with Gasteiger partial charge in [0.25, 0.3) is 5.69 Å². The summed E-state index contributed by atoms with van der Waals surface area (Å²) < 4.78 is 0. The third-order valence-corrected chi connectivity index (χ3v) is 4.14. The molecule has 0 fully saturated rings. The van der Waals surface area contributed by atoms with E-state index in [1.807, 2.05) is 0 Å². The molecule has 0 atom stereocenters. The van der Waals surface area contributed by atoms with E-state index in [2.05, 4.69) is 4.98 Å². The van der Waals surface area contributed by atoms with Crippen LogP contribution in [0.15, 0.2) is 32.7 Å². The average molecular weight is 380 g/mol. The van der Waals surface area contributed by atoms with Gasteiger partial charge in [0.15, 0.2) is 0 Å². The number of H-pyrrole nitrogens is 2. The number of benzene rings is 1. The molecule has 0 saturated carbocycles. The summed E-state index contributed by atoms with van der Waals surface area (Å²) in [7, 11) is 0. The van der Waals surface area contributed by atoms with E-state index in [1.165, 1.54) is 24.3 Å². The van der Waals surface area contributed by atoms with Gasteiger partial charge >= 0.3 is 16.9 Å². The molecule has 1 aromatic carbocycles. The van der Waals surface area contributed by atoms with E-state index >= 15 is 0 Å². The van der Waals surface area contributed by atoms with E-state index in [-0.39, 0.29) is 23.7 Å². The number of aliphatic hydroxyl groups excluding tert-OH is 1. The molecule has 0 aliphatic carbocycles. The Kier molecular flexibility index (Phi) is 6.03. The van der Waals surface area contributed by atoms with Crippen molar-refractivity contribution in [1.82, 2.24) is 9.97 Å². The number of hydrogen-bond acceptors (Lipinski definition) is 8. The standard InChI is InChI=1S/C14H12N4O7S/c19-5-6-26-11-4-2-8(7-10(11)17(22)23)1-3-9-12(18(24)25)13(20)16-14(21)15-9/h1-4,7,19H,5-6H2,(H2,15,16,20,21)/b3-1+. The van der Waals surface area contributed by atoms with Crippen molar-refractivity contribution in [3.05, 3.63) is 70.5 Å². The molecule has 2 rings (SSSR count). The topological polar surface area (TPSA) is 172 Å². The second kappa shape index (κ2) is 8.22. The zero-order chi connectivity index (χ0) is 19.3. The monoisotopic (exact) mass is 380 g/mol. The van der Waals surface area contributed by atoms with Crippen molar-refractivity contribution in [2.45, 2.75) is 4.90 Å². The minimum absolute atomic E-state index is 0.136. The number of hydrogen-bond donors (Lipinski definition) is 3. The van der Waals surface area contributed by atoms with Crippen molar-refractivity contribution in [1.29, 1.82) is 0 Å². The number of thioether (sulfide) groups is 1. The molecule has 136 valence electrons. The lowest BCUT2D eigenvalue weighted by Gasteiger charge is -2.03. The Morgan fingerprint density at radius 1 is 1.12 bits per heavy atom. The molecule has 0 amide bonds. The molecule has 0 aliphatic rings. The Hall–Kier alpha value is -3.25. The van der Waals surface area contributed by atoms with E-state index < -0.39 is 26.8 Å². The Bertz CT molecular complexity index is 996. The van der Waals surface area contributed by atoms with Crippen molar-refractivity contribution in [3.8, 4) is 0 Å². The molecular formula is C14H12N4O7S. The lowest BCUT2D eigenvalue weighted by molar-refractivity contribution is -0.387.